The standard InChI is InChI=1S/C29H30N4O2/c1-21-10-7-15-27(30-21)23(3)33-35-17-9-14-25-13-8-16-28(32-25)29-19-26(18-22(2)31-29)34-20-24-11-5-4-6-12-24/h4-8,10-13,15-16,18-19H,9,14,17,20H2,1-3H3. The first-order chi connectivity index (χ1) is 17.1. The number of rotatable bonds is 10. The first-order valence-electron chi connectivity index (χ1n) is 11.8. The summed E-state index contributed by atoms with van der Waals surface area (Å²) in [6.07, 6.45) is 1.59. The Bertz CT molecular complexity index is 1290. The van der Waals surface area contributed by atoms with Crippen molar-refractivity contribution in [2.24, 2.45) is 5.16 Å². The summed E-state index contributed by atoms with van der Waals surface area (Å²) in [5.74, 6) is 0.785. The highest BCUT2D eigenvalue weighted by atomic mass is 16.6. The molecule has 4 rings (SSSR count). The number of hydrogen-bond acceptors (Lipinski definition) is 6. The van der Waals surface area contributed by atoms with Crippen LogP contribution in [0.3, 0.4) is 0 Å². The van der Waals surface area contributed by atoms with Crippen LogP contribution in [-0.2, 0) is 17.9 Å². The third-order valence-electron chi connectivity index (χ3n) is 5.37. The van der Waals surface area contributed by atoms with Crippen molar-refractivity contribution < 1.29 is 9.57 Å². The summed E-state index contributed by atoms with van der Waals surface area (Å²) in [6.45, 7) is 6.85. The maximum Gasteiger partial charge on any atom is 0.123 e. The van der Waals surface area contributed by atoms with Gasteiger partial charge in [0, 0.05) is 29.2 Å². The van der Waals surface area contributed by atoms with E-state index in [2.05, 4.69) is 27.3 Å². The van der Waals surface area contributed by atoms with E-state index >= 15 is 0 Å². The van der Waals surface area contributed by atoms with Gasteiger partial charge in [-0.05, 0) is 63.4 Å². The van der Waals surface area contributed by atoms with E-state index in [0.717, 1.165) is 64.0 Å². The van der Waals surface area contributed by atoms with Gasteiger partial charge < -0.3 is 9.57 Å². The highest BCUT2D eigenvalue weighted by Gasteiger charge is 2.08. The molecule has 0 aliphatic heterocycles. The molecule has 0 aliphatic carbocycles. The fraction of sp³-hybridized carbons (Fsp3) is 0.241. The third-order valence-corrected chi connectivity index (χ3v) is 5.37. The molecule has 178 valence electrons. The van der Waals surface area contributed by atoms with Gasteiger partial charge >= 0.3 is 0 Å². The van der Waals surface area contributed by atoms with Gasteiger partial charge in [-0.15, -0.1) is 0 Å². The largest absolute Gasteiger partial charge is 0.489 e. The van der Waals surface area contributed by atoms with E-state index in [0.29, 0.717) is 13.2 Å². The van der Waals surface area contributed by atoms with Crippen LogP contribution in [0.15, 0.2) is 84.0 Å². The highest BCUT2D eigenvalue weighted by Crippen LogP contribution is 2.23. The Morgan fingerprint density at radius 1 is 0.800 bits per heavy atom. The molecule has 1 aromatic carbocycles. The minimum absolute atomic E-state index is 0.509. The van der Waals surface area contributed by atoms with Crippen molar-refractivity contribution in [2.75, 3.05) is 6.61 Å². The summed E-state index contributed by atoms with van der Waals surface area (Å²) in [6, 6.07) is 25.9. The van der Waals surface area contributed by atoms with Crippen LogP contribution >= 0.6 is 0 Å². The molecule has 4 aromatic rings. The van der Waals surface area contributed by atoms with Crippen molar-refractivity contribution in [3.63, 3.8) is 0 Å². The number of ether oxygens (including phenoxy) is 1. The normalized spacial score (nSPS) is 11.3. The maximum atomic E-state index is 6.01. The first kappa shape index (κ1) is 24.1. The zero-order valence-electron chi connectivity index (χ0n) is 20.4. The molecular formula is C29H30N4O2. The molecule has 6 nitrogen and oxygen atoms in total. The molecule has 0 fully saturated rings. The Labute approximate surface area is 206 Å². The summed E-state index contributed by atoms with van der Waals surface area (Å²) in [4.78, 5) is 19.5. The average molecular weight is 467 g/mol. The molecule has 0 saturated carbocycles. The molecule has 3 heterocycles. The average Bonchev–Trinajstić information content (AvgIpc) is 2.87. The van der Waals surface area contributed by atoms with Gasteiger partial charge in [-0.25, -0.2) is 0 Å². The summed E-state index contributed by atoms with van der Waals surface area (Å²) in [5.41, 5.74) is 7.20. The lowest BCUT2D eigenvalue weighted by Gasteiger charge is -2.10. The predicted molar refractivity (Wildman–Crippen MR) is 138 cm³/mol. The molecular weight excluding hydrogens is 436 g/mol. The lowest BCUT2D eigenvalue weighted by molar-refractivity contribution is 0.141. The van der Waals surface area contributed by atoms with E-state index in [-0.39, 0.29) is 0 Å². The molecule has 0 spiro atoms. The molecule has 0 amide bonds. The van der Waals surface area contributed by atoms with Crippen molar-refractivity contribution >= 4 is 5.71 Å². The molecule has 35 heavy (non-hydrogen) atoms. The maximum absolute atomic E-state index is 6.01. The van der Waals surface area contributed by atoms with E-state index in [1.807, 2.05) is 87.5 Å². The van der Waals surface area contributed by atoms with Crippen LogP contribution in [0.5, 0.6) is 5.75 Å². The van der Waals surface area contributed by atoms with Crippen LogP contribution < -0.4 is 4.74 Å². The van der Waals surface area contributed by atoms with Gasteiger partial charge in [0.1, 0.15) is 24.7 Å². The first-order valence-corrected chi connectivity index (χ1v) is 11.8. The lowest BCUT2D eigenvalue weighted by atomic mass is 10.1. The molecule has 0 saturated heterocycles. The Morgan fingerprint density at radius 3 is 2.46 bits per heavy atom. The van der Waals surface area contributed by atoms with Crippen LogP contribution in [0.1, 0.15) is 41.7 Å². The molecule has 6 heteroatoms. The van der Waals surface area contributed by atoms with Gasteiger partial charge in [0.2, 0.25) is 0 Å². The van der Waals surface area contributed by atoms with Crippen LogP contribution in [-0.4, -0.2) is 27.3 Å². The zero-order chi connectivity index (χ0) is 24.5. The van der Waals surface area contributed by atoms with Gasteiger partial charge in [-0.2, -0.15) is 0 Å². The Hall–Kier alpha value is -4.06. The number of hydrogen-bond donors (Lipinski definition) is 0. The van der Waals surface area contributed by atoms with Gasteiger partial charge in [0.15, 0.2) is 0 Å². The second-order valence-electron chi connectivity index (χ2n) is 8.40. The van der Waals surface area contributed by atoms with Crippen molar-refractivity contribution in [3.8, 4) is 17.1 Å². The fourth-order valence-electron chi connectivity index (χ4n) is 3.61. The van der Waals surface area contributed by atoms with E-state index in [1.54, 1.807) is 0 Å². The van der Waals surface area contributed by atoms with Crippen LogP contribution in [0.4, 0.5) is 0 Å². The molecule has 0 N–H and O–H groups in total. The van der Waals surface area contributed by atoms with Crippen LogP contribution in [0, 0.1) is 13.8 Å². The van der Waals surface area contributed by atoms with E-state index in [9.17, 15) is 0 Å². The lowest BCUT2D eigenvalue weighted by Crippen LogP contribution is -2.02. The van der Waals surface area contributed by atoms with Gasteiger partial charge in [0.25, 0.3) is 0 Å². The Balaban J connectivity index is 1.34. The summed E-state index contributed by atoms with van der Waals surface area (Å²) < 4.78 is 6.01. The SMILES string of the molecule is CC(=NOCCCc1cccc(-c2cc(OCc3ccccc3)cc(C)n2)n1)c1cccc(C)n1. The van der Waals surface area contributed by atoms with Gasteiger partial charge in [-0.1, -0.05) is 47.6 Å². The van der Waals surface area contributed by atoms with E-state index < -0.39 is 0 Å². The quantitative estimate of drug-likeness (QED) is 0.160. The summed E-state index contributed by atoms with van der Waals surface area (Å²) in [5, 5.41) is 4.20. The molecule has 0 aliphatic rings. The molecule has 0 bridgehead atoms. The van der Waals surface area contributed by atoms with Crippen LogP contribution in [0.2, 0.25) is 0 Å². The summed E-state index contributed by atoms with van der Waals surface area (Å²) >= 11 is 0. The minimum atomic E-state index is 0.509. The fourth-order valence-corrected chi connectivity index (χ4v) is 3.61. The Kier molecular flexibility index (Phi) is 8.17. The number of nitrogens with zero attached hydrogens (tertiary/aromatic N) is 4. The zero-order valence-corrected chi connectivity index (χ0v) is 20.4. The molecule has 0 unspecified atom stereocenters. The smallest absolute Gasteiger partial charge is 0.123 e. The van der Waals surface area contributed by atoms with Crippen LogP contribution in [0.25, 0.3) is 11.4 Å². The predicted octanol–water partition coefficient (Wildman–Crippen LogP) is 6.11. The van der Waals surface area contributed by atoms with E-state index in [4.69, 9.17) is 14.6 Å². The molecule has 3 aromatic heterocycles. The number of aryl methyl sites for hydroxylation is 3. The summed E-state index contributed by atoms with van der Waals surface area (Å²) in [7, 11) is 0. The number of benzene rings is 1. The highest BCUT2D eigenvalue weighted by molar-refractivity contribution is 5.96. The third kappa shape index (κ3) is 7.21. The van der Waals surface area contributed by atoms with Crippen molar-refractivity contribution in [1.29, 1.82) is 0 Å². The van der Waals surface area contributed by atoms with Gasteiger partial charge in [0.05, 0.1) is 17.1 Å². The van der Waals surface area contributed by atoms with Gasteiger partial charge in [-0.3, -0.25) is 15.0 Å². The topological polar surface area (TPSA) is 69.5 Å². The van der Waals surface area contributed by atoms with Crippen molar-refractivity contribution in [2.45, 2.75) is 40.2 Å². The van der Waals surface area contributed by atoms with Crippen molar-refractivity contribution in [1.82, 2.24) is 15.0 Å². The second kappa shape index (κ2) is 11.9. The van der Waals surface area contributed by atoms with Crippen molar-refractivity contribution in [3.05, 3.63) is 107 Å². The molecule has 0 atom stereocenters. The monoisotopic (exact) mass is 466 g/mol. The Morgan fingerprint density at radius 2 is 1.63 bits per heavy atom. The second-order valence-corrected chi connectivity index (χ2v) is 8.40. The molecule has 0 radical (unpaired) electrons. The number of pyridine rings is 3. The number of aromatic nitrogens is 3. The van der Waals surface area contributed by atoms with E-state index in [1.165, 1.54) is 0 Å². The number of oxime groups is 1. The minimum Gasteiger partial charge on any atom is -0.489 e.